The van der Waals surface area contributed by atoms with Crippen LogP contribution in [-0.4, -0.2) is 27.5 Å². The summed E-state index contributed by atoms with van der Waals surface area (Å²) >= 11 is 0. The van der Waals surface area contributed by atoms with E-state index in [0.717, 1.165) is 12.2 Å². The third kappa shape index (κ3) is 4.34. The van der Waals surface area contributed by atoms with E-state index in [1.807, 2.05) is 0 Å². The molecule has 92 valence electrons. The molecule has 17 heavy (non-hydrogen) atoms. The van der Waals surface area contributed by atoms with E-state index in [1.54, 1.807) is 12.4 Å². The first-order valence-corrected chi connectivity index (χ1v) is 5.56. The minimum Gasteiger partial charge on any atom is -0.307 e. The maximum Gasteiger partial charge on any atom is 0.158 e. The van der Waals surface area contributed by atoms with Crippen LogP contribution in [-0.2, 0) is 6.54 Å². The van der Waals surface area contributed by atoms with Crippen molar-refractivity contribution < 1.29 is 0 Å². The summed E-state index contributed by atoms with van der Waals surface area (Å²) in [4.78, 5) is 10.5. The number of aromatic nitrogens is 2. The quantitative estimate of drug-likeness (QED) is 0.561. The van der Waals surface area contributed by atoms with Crippen LogP contribution in [0.3, 0.4) is 0 Å². The number of nitrogen functional groups attached to an aromatic ring is 1. The molecule has 0 aliphatic heterocycles. The first-order valence-electron chi connectivity index (χ1n) is 5.56. The third-order valence-electron chi connectivity index (χ3n) is 2.46. The van der Waals surface area contributed by atoms with E-state index in [2.05, 4.69) is 40.2 Å². The standard InChI is InChI=1S/C11H18N6/c1-9(2)17(5-3-4-12)8-10-6-15-11(16-13)7-14-10/h6-7,9H,3,5,8,13H2,1-2H3,(H,15,16). The molecule has 1 rings (SSSR count). The Balaban J connectivity index is 2.62. The van der Waals surface area contributed by atoms with Gasteiger partial charge in [0.25, 0.3) is 0 Å². The Labute approximate surface area is 101 Å². The summed E-state index contributed by atoms with van der Waals surface area (Å²) < 4.78 is 0. The molecule has 0 aliphatic carbocycles. The molecule has 6 heteroatoms. The molecule has 3 N–H and O–H groups in total. The number of rotatable bonds is 6. The number of hydrazine groups is 1. The van der Waals surface area contributed by atoms with E-state index in [-0.39, 0.29) is 0 Å². The average Bonchev–Trinajstić information content (AvgIpc) is 2.35. The third-order valence-corrected chi connectivity index (χ3v) is 2.46. The number of hydrogen-bond donors (Lipinski definition) is 2. The topological polar surface area (TPSA) is 90.9 Å². The lowest BCUT2D eigenvalue weighted by Crippen LogP contribution is -2.31. The summed E-state index contributed by atoms with van der Waals surface area (Å²) in [7, 11) is 0. The maximum atomic E-state index is 8.60. The van der Waals surface area contributed by atoms with Crippen LogP contribution < -0.4 is 11.3 Å². The molecular weight excluding hydrogens is 216 g/mol. The minimum absolute atomic E-state index is 0.373. The first kappa shape index (κ1) is 13.4. The van der Waals surface area contributed by atoms with Crippen LogP contribution in [0, 0.1) is 11.3 Å². The van der Waals surface area contributed by atoms with Gasteiger partial charge in [-0.05, 0) is 13.8 Å². The lowest BCUT2D eigenvalue weighted by Gasteiger charge is -2.24. The summed E-state index contributed by atoms with van der Waals surface area (Å²) in [6, 6.07) is 2.53. The van der Waals surface area contributed by atoms with Crippen molar-refractivity contribution in [2.24, 2.45) is 5.84 Å². The summed E-state index contributed by atoms with van der Waals surface area (Å²) in [5.41, 5.74) is 3.31. The van der Waals surface area contributed by atoms with Crippen molar-refractivity contribution in [3.05, 3.63) is 18.1 Å². The van der Waals surface area contributed by atoms with Crippen molar-refractivity contribution in [2.45, 2.75) is 32.9 Å². The number of hydrogen-bond acceptors (Lipinski definition) is 6. The van der Waals surface area contributed by atoms with Gasteiger partial charge in [-0.3, -0.25) is 9.88 Å². The highest BCUT2D eigenvalue weighted by molar-refractivity contribution is 5.28. The Bertz CT molecular complexity index is 367. The van der Waals surface area contributed by atoms with Crippen molar-refractivity contribution in [3.63, 3.8) is 0 Å². The van der Waals surface area contributed by atoms with Gasteiger partial charge in [-0.15, -0.1) is 0 Å². The molecule has 1 aromatic rings. The molecule has 0 amide bonds. The van der Waals surface area contributed by atoms with Crippen LogP contribution in [0.1, 0.15) is 26.0 Å². The average molecular weight is 234 g/mol. The Morgan fingerprint density at radius 1 is 1.47 bits per heavy atom. The summed E-state index contributed by atoms with van der Waals surface area (Å²) in [6.45, 7) is 5.63. The van der Waals surface area contributed by atoms with E-state index in [1.165, 1.54) is 0 Å². The molecule has 0 spiro atoms. The number of nitrogens with zero attached hydrogens (tertiary/aromatic N) is 4. The zero-order valence-electron chi connectivity index (χ0n) is 10.2. The van der Waals surface area contributed by atoms with Gasteiger partial charge < -0.3 is 5.43 Å². The van der Waals surface area contributed by atoms with Crippen LogP contribution in [0.25, 0.3) is 0 Å². The Morgan fingerprint density at radius 3 is 2.71 bits per heavy atom. The second-order valence-electron chi connectivity index (χ2n) is 4.01. The molecule has 1 aromatic heterocycles. The van der Waals surface area contributed by atoms with Gasteiger partial charge in [0.2, 0.25) is 0 Å². The second kappa shape index (κ2) is 6.78. The minimum atomic E-state index is 0.373. The highest BCUT2D eigenvalue weighted by Crippen LogP contribution is 2.07. The van der Waals surface area contributed by atoms with Crippen molar-refractivity contribution >= 4 is 5.82 Å². The predicted octanol–water partition coefficient (Wildman–Crippen LogP) is 0.886. The van der Waals surface area contributed by atoms with Crippen molar-refractivity contribution in [2.75, 3.05) is 12.0 Å². The largest absolute Gasteiger partial charge is 0.307 e. The van der Waals surface area contributed by atoms with Gasteiger partial charge in [-0.25, -0.2) is 10.8 Å². The molecule has 0 fully saturated rings. The van der Waals surface area contributed by atoms with Gasteiger partial charge in [0.15, 0.2) is 5.82 Å². The molecule has 0 bridgehead atoms. The van der Waals surface area contributed by atoms with Crippen molar-refractivity contribution in [1.29, 1.82) is 5.26 Å². The maximum absolute atomic E-state index is 8.60. The van der Waals surface area contributed by atoms with Crippen LogP contribution in [0.15, 0.2) is 12.4 Å². The summed E-state index contributed by atoms with van der Waals surface area (Å²) in [6.07, 6.45) is 3.81. The van der Waals surface area contributed by atoms with Gasteiger partial charge in [0.05, 0.1) is 24.2 Å². The normalized spacial score (nSPS) is 10.6. The lowest BCUT2D eigenvalue weighted by molar-refractivity contribution is 0.215. The van der Waals surface area contributed by atoms with Gasteiger partial charge in [-0.2, -0.15) is 5.26 Å². The van der Waals surface area contributed by atoms with E-state index in [0.29, 0.717) is 24.8 Å². The van der Waals surface area contributed by atoms with E-state index in [9.17, 15) is 0 Å². The Hall–Kier alpha value is -1.71. The molecule has 1 heterocycles. The van der Waals surface area contributed by atoms with Crippen LogP contribution in [0.5, 0.6) is 0 Å². The van der Waals surface area contributed by atoms with Crippen LogP contribution in [0.2, 0.25) is 0 Å². The molecule has 0 saturated heterocycles. The number of nitriles is 1. The SMILES string of the molecule is CC(C)N(CCC#N)Cc1cnc(NN)cn1. The molecular formula is C11H18N6. The molecule has 0 aromatic carbocycles. The van der Waals surface area contributed by atoms with Crippen LogP contribution >= 0.6 is 0 Å². The fraction of sp³-hybridized carbons (Fsp3) is 0.545. The van der Waals surface area contributed by atoms with Gasteiger partial charge >= 0.3 is 0 Å². The first-order chi connectivity index (χ1) is 8.17. The van der Waals surface area contributed by atoms with E-state index in [4.69, 9.17) is 11.1 Å². The van der Waals surface area contributed by atoms with Crippen LogP contribution in [0.4, 0.5) is 5.82 Å². The van der Waals surface area contributed by atoms with Gasteiger partial charge in [0.1, 0.15) is 0 Å². The van der Waals surface area contributed by atoms with Crippen molar-refractivity contribution in [3.8, 4) is 6.07 Å². The molecule has 0 saturated carbocycles. The molecule has 0 atom stereocenters. The molecule has 0 aliphatic rings. The molecule has 0 unspecified atom stereocenters. The lowest BCUT2D eigenvalue weighted by atomic mass is 10.2. The highest BCUT2D eigenvalue weighted by Gasteiger charge is 2.10. The van der Waals surface area contributed by atoms with Gasteiger partial charge in [0, 0.05) is 25.6 Å². The van der Waals surface area contributed by atoms with E-state index < -0.39 is 0 Å². The predicted molar refractivity (Wildman–Crippen MR) is 65.6 cm³/mol. The Kier molecular flexibility index (Phi) is 5.33. The monoisotopic (exact) mass is 234 g/mol. The zero-order valence-corrected chi connectivity index (χ0v) is 10.2. The molecule has 0 radical (unpaired) electrons. The highest BCUT2D eigenvalue weighted by atomic mass is 15.3. The number of nitrogens with one attached hydrogen (secondary N) is 1. The number of anilines is 1. The zero-order chi connectivity index (χ0) is 12.7. The fourth-order valence-corrected chi connectivity index (χ4v) is 1.43. The molecule has 6 nitrogen and oxygen atoms in total. The second-order valence-corrected chi connectivity index (χ2v) is 4.01. The smallest absolute Gasteiger partial charge is 0.158 e. The number of nitrogens with two attached hydrogens (primary N) is 1. The fourth-order valence-electron chi connectivity index (χ4n) is 1.43. The van der Waals surface area contributed by atoms with Gasteiger partial charge in [-0.1, -0.05) is 0 Å². The van der Waals surface area contributed by atoms with Crippen molar-refractivity contribution in [1.82, 2.24) is 14.9 Å². The van der Waals surface area contributed by atoms with E-state index >= 15 is 0 Å². The Morgan fingerprint density at radius 2 is 2.24 bits per heavy atom. The summed E-state index contributed by atoms with van der Waals surface area (Å²) in [5.74, 6) is 5.76. The summed E-state index contributed by atoms with van der Waals surface area (Å²) in [5, 5.41) is 8.60.